The van der Waals surface area contributed by atoms with Crippen molar-refractivity contribution in [2.75, 3.05) is 12.4 Å². The molecular weight excluding hydrogens is 386 g/mol. The van der Waals surface area contributed by atoms with Crippen molar-refractivity contribution in [3.63, 3.8) is 0 Å². The Kier molecular flexibility index (Phi) is 5.02. The summed E-state index contributed by atoms with van der Waals surface area (Å²) in [5.41, 5.74) is 6.11. The third-order valence-corrected chi connectivity index (χ3v) is 5.18. The van der Waals surface area contributed by atoms with Crippen molar-refractivity contribution in [1.29, 1.82) is 0 Å². The van der Waals surface area contributed by atoms with Gasteiger partial charge in [-0.25, -0.2) is 15.0 Å². The van der Waals surface area contributed by atoms with Gasteiger partial charge in [-0.3, -0.25) is 4.40 Å². The molecule has 31 heavy (non-hydrogen) atoms. The van der Waals surface area contributed by atoms with Crippen molar-refractivity contribution in [1.82, 2.24) is 19.4 Å². The SMILES string of the molecule is COc1ccn2c(-c3cc(NCc4ccc(-c5ccccc5)cc4)ncn3)cnc2c1. The Morgan fingerprint density at radius 3 is 2.48 bits per heavy atom. The van der Waals surface area contributed by atoms with E-state index in [-0.39, 0.29) is 0 Å². The maximum absolute atomic E-state index is 5.27. The summed E-state index contributed by atoms with van der Waals surface area (Å²) < 4.78 is 7.26. The minimum absolute atomic E-state index is 0.676. The third-order valence-electron chi connectivity index (χ3n) is 5.18. The number of pyridine rings is 1. The van der Waals surface area contributed by atoms with Gasteiger partial charge in [0.15, 0.2) is 0 Å². The molecule has 5 aromatic rings. The van der Waals surface area contributed by atoms with E-state index in [4.69, 9.17) is 4.74 Å². The molecule has 0 amide bonds. The average Bonchev–Trinajstić information content (AvgIpc) is 3.27. The minimum atomic E-state index is 0.676. The van der Waals surface area contributed by atoms with Crippen molar-refractivity contribution in [3.8, 4) is 28.3 Å². The highest BCUT2D eigenvalue weighted by atomic mass is 16.5. The van der Waals surface area contributed by atoms with Gasteiger partial charge in [0.2, 0.25) is 0 Å². The predicted molar refractivity (Wildman–Crippen MR) is 122 cm³/mol. The summed E-state index contributed by atoms with van der Waals surface area (Å²) in [7, 11) is 1.65. The van der Waals surface area contributed by atoms with Gasteiger partial charge in [-0.1, -0.05) is 54.6 Å². The number of fused-ring (bicyclic) bond motifs is 1. The summed E-state index contributed by atoms with van der Waals surface area (Å²) in [6, 6.07) is 24.7. The fourth-order valence-electron chi connectivity index (χ4n) is 3.51. The van der Waals surface area contributed by atoms with E-state index in [0.29, 0.717) is 6.54 Å². The Balaban J connectivity index is 1.32. The second-order valence-corrected chi connectivity index (χ2v) is 7.14. The van der Waals surface area contributed by atoms with Crippen LogP contribution >= 0.6 is 0 Å². The lowest BCUT2D eigenvalue weighted by atomic mass is 10.0. The Labute approximate surface area is 180 Å². The number of rotatable bonds is 6. The average molecular weight is 407 g/mol. The number of methoxy groups -OCH3 is 1. The highest BCUT2D eigenvalue weighted by molar-refractivity contribution is 5.64. The number of hydrogen-bond acceptors (Lipinski definition) is 5. The molecule has 0 aliphatic heterocycles. The smallest absolute Gasteiger partial charge is 0.140 e. The Morgan fingerprint density at radius 2 is 1.68 bits per heavy atom. The lowest BCUT2D eigenvalue weighted by Crippen LogP contribution is -2.02. The number of anilines is 1. The molecule has 6 nitrogen and oxygen atoms in total. The van der Waals surface area contributed by atoms with E-state index in [1.165, 1.54) is 16.7 Å². The van der Waals surface area contributed by atoms with Crippen LogP contribution in [0.2, 0.25) is 0 Å². The van der Waals surface area contributed by atoms with Crippen LogP contribution in [0.15, 0.2) is 91.5 Å². The maximum atomic E-state index is 5.27. The van der Waals surface area contributed by atoms with Crippen LogP contribution in [0.3, 0.4) is 0 Å². The van der Waals surface area contributed by atoms with Gasteiger partial charge in [0, 0.05) is 24.9 Å². The van der Waals surface area contributed by atoms with E-state index in [9.17, 15) is 0 Å². The van der Waals surface area contributed by atoms with E-state index in [2.05, 4.69) is 68.8 Å². The van der Waals surface area contributed by atoms with Crippen molar-refractivity contribution in [3.05, 3.63) is 97.1 Å². The molecule has 3 heterocycles. The fourth-order valence-corrected chi connectivity index (χ4v) is 3.51. The number of nitrogens with zero attached hydrogens (tertiary/aromatic N) is 4. The monoisotopic (exact) mass is 407 g/mol. The molecule has 0 saturated carbocycles. The first kappa shape index (κ1) is 18.8. The molecule has 0 aliphatic carbocycles. The van der Waals surface area contributed by atoms with Crippen molar-refractivity contribution in [2.24, 2.45) is 0 Å². The summed E-state index contributed by atoms with van der Waals surface area (Å²) >= 11 is 0. The summed E-state index contributed by atoms with van der Waals surface area (Å²) in [6.07, 6.45) is 5.31. The normalized spacial score (nSPS) is 10.9. The highest BCUT2D eigenvalue weighted by Gasteiger charge is 2.09. The Hall–Kier alpha value is -4.19. The van der Waals surface area contributed by atoms with Crippen LogP contribution in [0.5, 0.6) is 5.75 Å². The lowest BCUT2D eigenvalue weighted by Gasteiger charge is -2.08. The maximum Gasteiger partial charge on any atom is 0.140 e. The van der Waals surface area contributed by atoms with Crippen LogP contribution in [0.25, 0.3) is 28.2 Å². The first-order valence-electron chi connectivity index (χ1n) is 10.0. The third kappa shape index (κ3) is 3.96. The number of imidazole rings is 1. The van der Waals surface area contributed by atoms with E-state index >= 15 is 0 Å². The van der Waals surface area contributed by atoms with Crippen LogP contribution in [0.1, 0.15) is 5.56 Å². The van der Waals surface area contributed by atoms with E-state index in [0.717, 1.165) is 28.6 Å². The molecule has 152 valence electrons. The van der Waals surface area contributed by atoms with Gasteiger partial charge in [0.25, 0.3) is 0 Å². The minimum Gasteiger partial charge on any atom is -0.497 e. The summed E-state index contributed by atoms with van der Waals surface area (Å²) in [6.45, 7) is 0.676. The largest absolute Gasteiger partial charge is 0.497 e. The molecule has 6 heteroatoms. The first-order chi connectivity index (χ1) is 15.3. The molecule has 0 unspecified atom stereocenters. The van der Waals surface area contributed by atoms with Crippen LogP contribution in [0.4, 0.5) is 5.82 Å². The molecule has 0 aliphatic rings. The molecule has 2 aromatic carbocycles. The second kappa shape index (κ2) is 8.28. The van der Waals surface area contributed by atoms with Crippen LogP contribution in [-0.4, -0.2) is 26.5 Å². The zero-order valence-corrected chi connectivity index (χ0v) is 17.1. The van der Waals surface area contributed by atoms with Crippen molar-refractivity contribution >= 4 is 11.5 Å². The quantitative estimate of drug-likeness (QED) is 0.425. The number of hydrogen-bond donors (Lipinski definition) is 1. The van der Waals surface area contributed by atoms with Crippen molar-refractivity contribution in [2.45, 2.75) is 6.54 Å². The number of benzene rings is 2. The van der Waals surface area contributed by atoms with Crippen LogP contribution in [-0.2, 0) is 6.54 Å². The molecule has 0 saturated heterocycles. The number of ether oxygens (including phenoxy) is 1. The molecule has 1 N–H and O–H groups in total. The molecule has 0 fully saturated rings. The molecular formula is C25H21N5O. The standard InChI is InChI=1S/C25H21N5O/c1-31-21-11-12-30-23(16-27-25(30)13-21)22-14-24(29-17-28-22)26-15-18-7-9-20(10-8-18)19-5-3-2-4-6-19/h2-14,16-17H,15H2,1H3,(H,26,28,29). The Morgan fingerprint density at radius 1 is 0.871 bits per heavy atom. The van der Waals surface area contributed by atoms with Crippen molar-refractivity contribution < 1.29 is 4.74 Å². The van der Waals surface area contributed by atoms with Gasteiger partial charge in [-0.15, -0.1) is 0 Å². The molecule has 0 bridgehead atoms. The van der Waals surface area contributed by atoms with Gasteiger partial charge in [0.05, 0.1) is 24.7 Å². The van der Waals surface area contributed by atoms with Gasteiger partial charge >= 0.3 is 0 Å². The first-order valence-corrected chi connectivity index (χ1v) is 10.0. The van der Waals surface area contributed by atoms with E-state index < -0.39 is 0 Å². The summed E-state index contributed by atoms with van der Waals surface area (Å²) in [4.78, 5) is 13.3. The molecule has 0 spiro atoms. The van der Waals surface area contributed by atoms with Crippen LogP contribution in [0, 0.1) is 0 Å². The lowest BCUT2D eigenvalue weighted by molar-refractivity contribution is 0.414. The van der Waals surface area contributed by atoms with Gasteiger partial charge < -0.3 is 10.1 Å². The van der Waals surface area contributed by atoms with Crippen LogP contribution < -0.4 is 10.1 Å². The molecule has 3 aromatic heterocycles. The van der Waals surface area contributed by atoms with E-state index in [1.807, 2.05) is 41.1 Å². The Bertz CT molecular complexity index is 1310. The zero-order chi connectivity index (χ0) is 21.0. The number of aromatic nitrogens is 4. The number of nitrogens with one attached hydrogen (secondary N) is 1. The van der Waals surface area contributed by atoms with Gasteiger partial charge in [-0.2, -0.15) is 0 Å². The van der Waals surface area contributed by atoms with Gasteiger partial charge in [0.1, 0.15) is 23.5 Å². The molecule has 0 atom stereocenters. The topological polar surface area (TPSA) is 64.3 Å². The highest BCUT2D eigenvalue weighted by Crippen LogP contribution is 2.23. The molecule has 5 rings (SSSR count). The van der Waals surface area contributed by atoms with E-state index in [1.54, 1.807) is 13.4 Å². The van der Waals surface area contributed by atoms with Gasteiger partial charge in [-0.05, 0) is 22.8 Å². The zero-order valence-electron chi connectivity index (χ0n) is 17.1. The predicted octanol–water partition coefficient (Wildman–Crippen LogP) is 5.08. The summed E-state index contributed by atoms with van der Waals surface area (Å²) in [5.74, 6) is 1.54. The fraction of sp³-hybridized carbons (Fsp3) is 0.0800. The second-order valence-electron chi connectivity index (χ2n) is 7.14. The molecule has 0 radical (unpaired) electrons. The summed E-state index contributed by atoms with van der Waals surface area (Å²) in [5, 5.41) is 3.39.